The summed E-state index contributed by atoms with van der Waals surface area (Å²) in [7, 11) is 0. The maximum Gasteiger partial charge on any atom is 0.317 e. The molecule has 0 aromatic carbocycles. The van der Waals surface area contributed by atoms with Crippen LogP contribution in [0.25, 0.3) is 0 Å². The number of likely N-dealkylation sites (N-methyl/N-ethyl adjacent to an activating group) is 1. The van der Waals surface area contributed by atoms with Gasteiger partial charge in [0.05, 0.1) is 19.3 Å². The molecule has 1 saturated heterocycles. The molecule has 0 aliphatic carbocycles. The highest BCUT2D eigenvalue weighted by Gasteiger charge is 2.17. The summed E-state index contributed by atoms with van der Waals surface area (Å²) in [5.74, 6) is 0. The van der Waals surface area contributed by atoms with Gasteiger partial charge in [0, 0.05) is 25.2 Å². The molecule has 1 aliphatic rings. The normalized spacial score (nSPS) is 15.0. The Kier molecular flexibility index (Phi) is 14.3. The molecule has 0 aromatic heterocycles. The van der Waals surface area contributed by atoms with Crippen LogP contribution in [0.2, 0.25) is 0 Å². The molecular weight excluding hydrogens is 282 g/mol. The second-order valence-electron chi connectivity index (χ2n) is 5.48. The minimum Gasteiger partial charge on any atom is -0.391 e. The molecule has 1 unspecified atom stereocenters. The van der Waals surface area contributed by atoms with Gasteiger partial charge in [-0.3, -0.25) is 0 Å². The number of nitrogens with one attached hydrogen (secondary N) is 1. The van der Waals surface area contributed by atoms with Gasteiger partial charge >= 0.3 is 6.03 Å². The van der Waals surface area contributed by atoms with Crippen LogP contribution in [0.4, 0.5) is 4.79 Å². The van der Waals surface area contributed by atoms with Crippen molar-refractivity contribution in [1.29, 1.82) is 0 Å². The van der Waals surface area contributed by atoms with Gasteiger partial charge in [0.25, 0.3) is 0 Å². The van der Waals surface area contributed by atoms with Crippen molar-refractivity contribution in [2.45, 2.75) is 52.7 Å². The highest BCUT2D eigenvalue weighted by Crippen LogP contribution is 2.07. The number of aliphatic hydroxyl groups is 1. The fraction of sp³-hybridized carbons (Fsp3) is 0.812. The highest BCUT2D eigenvalue weighted by atomic mass is 16.5. The van der Waals surface area contributed by atoms with Crippen LogP contribution in [0.5, 0.6) is 0 Å². The van der Waals surface area contributed by atoms with Crippen molar-refractivity contribution < 1.29 is 14.6 Å². The smallest absolute Gasteiger partial charge is 0.317 e. The number of carbonyl (C=O) groups is 1. The van der Waals surface area contributed by atoms with Crippen LogP contribution in [0.15, 0.2) is 12.7 Å². The molecule has 22 heavy (non-hydrogen) atoms. The Balaban J connectivity index is 0. The lowest BCUT2D eigenvalue weighted by Gasteiger charge is -2.21. The molecule has 1 heterocycles. The molecule has 1 aliphatic heterocycles. The Bertz CT molecular complexity index is 291. The number of urea groups is 1. The van der Waals surface area contributed by atoms with E-state index in [-0.39, 0.29) is 11.6 Å². The Morgan fingerprint density at radius 3 is 2.45 bits per heavy atom. The molecule has 1 atom stereocenters. The van der Waals surface area contributed by atoms with Gasteiger partial charge in [-0.2, -0.15) is 0 Å². The first-order chi connectivity index (χ1) is 10.3. The number of carbonyl (C=O) groups excluding carboxylic acids is 1. The van der Waals surface area contributed by atoms with E-state index in [1.807, 2.05) is 34.6 Å². The van der Waals surface area contributed by atoms with Crippen LogP contribution in [0.1, 0.15) is 41.0 Å². The van der Waals surface area contributed by atoms with Crippen molar-refractivity contribution in [2.75, 3.05) is 32.8 Å². The minimum atomic E-state index is -0.482. The van der Waals surface area contributed by atoms with Crippen molar-refractivity contribution >= 4 is 6.03 Å². The lowest BCUT2D eigenvalue weighted by Crippen LogP contribution is -2.37. The zero-order valence-corrected chi connectivity index (χ0v) is 14.9. The van der Waals surface area contributed by atoms with Crippen molar-refractivity contribution in [3.05, 3.63) is 12.7 Å². The van der Waals surface area contributed by atoms with Crippen molar-refractivity contribution in [1.82, 2.24) is 10.2 Å². The van der Waals surface area contributed by atoms with E-state index >= 15 is 0 Å². The Morgan fingerprint density at radius 1 is 1.55 bits per heavy atom. The van der Waals surface area contributed by atoms with E-state index in [2.05, 4.69) is 11.9 Å². The summed E-state index contributed by atoms with van der Waals surface area (Å²) in [5.41, 5.74) is 5.37. The van der Waals surface area contributed by atoms with Gasteiger partial charge in [-0.25, -0.2) is 4.79 Å². The van der Waals surface area contributed by atoms with Gasteiger partial charge in [-0.1, -0.05) is 19.9 Å². The topological polar surface area (TPSA) is 87.8 Å². The number of hydrogen-bond acceptors (Lipinski definition) is 4. The lowest BCUT2D eigenvalue weighted by molar-refractivity contribution is 0.0345. The first-order valence-electron chi connectivity index (χ1n) is 7.98. The second kappa shape index (κ2) is 13.5. The van der Waals surface area contributed by atoms with Crippen molar-refractivity contribution in [3.8, 4) is 0 Å². The van der Waals surface area contributed by atoms with Gasteiger partial charge in [0.2, 0.25) is 0 Å². The van der Waals surface area contributed by atoms with E-state index < -0.39 is 6.10 Å². The quantitative estimate of drug-likeness (QED) is 0.493. The van der Waals surface area contributed by atoms with Gasteiger partial charge in [0.1, 0.15) is 0 Å². The van der Waals surface area contributed by atoms with Crippen LogP contribution in [-0.2, 0) is 4.74 Å². The number of rotatable bonds is 7. The van der Waals surface area contributed by atoms with Gasteiger partial charge in [0.15, 0.2) is 0 Å². The Morgan fingerprint density at radius 2 is 2.14 bits per heavy atom. The first kappa shape index (κ1) is 23.2. The van der Waals surface area contributed by atoms with Gasteiger partial charge in [-0.15, -0.1) is 6.58 Å². The summed E-state index contributed by atoms with van der Waals surface area (Å²) in [4.78, 5) is 12.4. The summed E-state index contributed by atoms with van der Waals surface area (Å²) in [6.45, 7) is 16.5. The predicted octanol–water partition coefficient (Wildman–Crippen LogP) is 1.74. The third-order valence-electron chi connectivity index (χ3n) is 2.63. The molecule has 6 nitrogen and oxygen atoms in total. The van der Waals surface area contributed by atoms with E-state index in [0.29, 0.717) is 19.6 Å². The SMILES string of the molecule is C=CCOCC(O)CC(C)(C)N.CC.CCN1CCNC1=O. The van der Waals surface area contributed by atoms with E-state index in [9.17, 15) is 9.90 Å². The van der Waals surface area contributed by atoms with Crippen LogP contribution >= 0.6 is 0 Å². The molecule has 132 valence electrons. The average Bonchev–Trinajstić information content (AvgIpc) is 2.85. The number of nitrogens with zero attached hydrogens (tertiary/aromatic N) is 1. The molecule has 0 aromatic rings. The van der Waals surface area contributed by atoms with E-state index in [1.165, 1.54) is 0 Å². The maximum absolute atomic E-state index is 10.6. The summed E-state index contributed by atoms with van der Waals surface area (Å²) in [5, 5.41) is 12.1. The Hall–Kier alpha value is -1.11. The van der Waals surface area contributed by atoms with E-state index in [4.69, 9.17) is 10.5 Å². The molecule has 1 fully saturated rings. The fourth-order valence-corrected chi connectivity index (χ4v) is 1.77. The molecule has 0 spiro atoms. The minimum absolute atomic E-state index is 0.0764. The number of hydrogen-bond donors (Lipinski definition) is 3. The van der Waals surface area contributed by atoms with Gasteiger partial charge < -0.3 is 25.8 Å². The maximum atomic E-state index is 10.6. The summed E-state index contributed by atoms with van der Waals surface area (Å²) in [6.07, 6.45) is 1.72. The molecule has 6 heteroatoms. The zero-order valence-electron chi connectivity index (χ0n) is 14.9. The zero-order chi connectivity index (χ0) is 17.6. The van der Waals surface area contributed by atoms with Crippen LogP contribution in [-0.4, -0.2) is 60.5 Å². The number of aliphatic hydroxyl groups excluding tert-OH is 1. The molecule has 0 saturated carbocycles. The van der Waals surface area contributed by atoms with E-state index in [1.54, 1.807) is 11.0 Å². The molecule has 0 bridgehead atoms. The third-order valence-corrected chi connectivity index (χ3v) is 2.63. The highest BCUT2D eigenvalue weighted by molar-refractivity contribution is 5.75. The monoisotopic (exact) mass is 317 g/mol. The van der Waals surface area contributed by atoms with E-state index in [0.717, 1.165) is 19.6 Å². The summed E-state index contributed by atoms with van der Waals surface area (Å²) < 4.78 is 5.07. The second-order valence-corrected chi connectivity index (χ2v) is 5.48. The lowest BCUT2D eigenvalue weighted by atomic mass is 9.99. The predicted molar refractivity (Wildman–Crippen MR) is 91.9 cm³/mol. The number of ether oxygens (including phenoxy) is 1. The largest absolute Gasteiger partial charge is 0.391 e. The average molecular weight is 317 g/mol. The van der Waals surface area contributed by atoms with Crippen LogP contribution in [0, 0.1) is 0 Å². The molecule has 2 amide bonds. The van der Waals surface area contributed by atoms with Crippen molar-refractivity contribution in [3.63, 3.8) is 0 Å². The summed E-state index contributed by atoms with van der Waals surface area (Å²) >= 11 is 0. The molecular formula is C16H35N3O3. The number of amides is 2. The summed E-state index contributed by atoms with van der Waals surface area (Å²) in [6, 6.07) is 0.0764. The van der Waals surface area contributed by atoms with Crippen molar-refractivity contribution in [2.24, 2.45) is 5.73 Å². The van der Waals surface area contributed by atoms with Crippen LogP contribution in [0.3, 0.4) is 0 Å². The molecule has 4 N–H and O–H groups in total. The first-order valence-corrected chi connectivity index (χ1v) is 7.98. The molecule has 1 rings (SSSR count). The third kappa shape index (κ3) is 13.9. The van der Waals surface area contributed by atoms with Crippen LogP contribution < -0.4 is 11.1 Å². The Labute approximate surface area is 135 Å². The standard InChI is InChI=1S/C9H19NO2.C5H10N2O.C2H6/c1-4-5-12-7-8(11)6-9(2,3)10;1-2-7-4-3-6-5(7)8;1-2/h4,8,11H,1,5-7,10H2,2-3H3;2-4H2,1H3,(H,6,8);1-2H3. The number of nitrogens with two attached hydrogens (primary N) is 1. The molecule has 0 radical (unpaired) electrons. The fourth-order valence-electron chi connectivity index (χ4n) is 1.77. The van der Waals surface area contributed by atoms with Gasteiger partial charge in [-0.05, 0) is 27.2 Å².